The van der Waals surface area contributed by atoms with Crippen molar-refractivity contribution >= 4 is 34.5 Å². The van der Waals surface area contributed by atoms with Crippen LogP contribution in [0.2, 0.25) is 0 Å². The Kier molecular flexibility index (Phi) is 5.66. The van der Waals surface area contributed by atoms with E-state index in [9.17, 15) is 4.79 Å². The number of amides is 1. The van der Waals surface area contributed by atoms with E-state index < -0.39 is 0 Å². The minimum Gasteiger partial charge on any atom is -0.467 e. The Morgan fingerprint density at radius 3 is 2.61 bits per heavy atom. The molecule has 3 aromatic heterocycles. The number of benzene rings is 1. The molecule has 0 radical (unpaired) electrons. The Balaban J connectivity index is 1.67. The molecule has 1 aromatic carbocycles. The number of carbonyl (C=O) groups is 1. The van der Waals surface area contributed by atoms with Gasteiger partial charge in [-0.1, -0.05) is 17.7 Å². The van der Waals surface area contributed by atoms with Crippen molar-refractivity contribution in [2.24, 2.45) is 0 Å². The summed E-state index contributed by atoms with van der Waals surface area (Å²) in [5, 5.41) is 11.5. The van der Waals surface area contributed by atoms with E-state index in [0.29, 0.717) is 61.5 Å². The average molecular weight is 447 g/mol. The number of furan rings is 1. The molecule has 0 saturated carbocycles. The third-order valence-corrected chi connectivity index (χ3v) is 5.39. The summed E-state index contributed by atoms with van der Waals surface area (Å²) < 4.78 is 12.7. The molecule has 0 bridgehead atoms. The second kappa shape index (κ2) is 8.91. The number of aromatic nitrogens is 4. The van der Waals surface area contributed by atoms with Gasteiger partial charge in [-0.3, -0.25) is 4.79 Å². The molecular formula is C23H25N7O3. The van der Waals surface area contributed by atoms with Crippen molar-refractivity contribution in [3.8, 4) is 5.69 Å². The lowest BCUT2D eigenvalue weighted by Gasteiger charge is -2.28. The van der Waals surface area contributed by atoms with Crippen LogP contribution in [-0.4, -0.2) is 52.0 Å². The smallest absolute Gasteiger partial charge is 0.227 e. The molecule has 170 valence electrons. The van der Waals surface area contributed by atoms with Crippen molar-refractivity contribution in [2.75, 3.05) is 41.8 Å². The quantitative estimate of drug-likeness (QED) is 0.464. The standard InChI is InChI=1S/C23H25N7O3/c1-15-5-7-17(8-6-15)30-22-19(20(28-30)25-16(2)31)21(29-9-12-32-13-10-29)26-23(27-22)24-14-18-4-3-11-33-18/h3-8,11H,9-10,12-14H2,1-2H3,(H,24,26,27)(H,25,28,31). The second-order valence-corrected chi connectivity index (χ2v) is 7.88. The van der Waals surface area contributed by atoms with Crippen molar-refractivity contribution in [3.63, 3.8) is 0 Å². The molecule has 33 heavy (non-hydrogen) atoms. The number of aryl methyl sites for hydroxylation is 1. The average Bonchev–Trinajstić information content (AvgIpc) is 3.46. The summed E-state index contributed by atoms with van der Waals surface area (Å²) in [4.78, 5) is 23.7. The number of ether oxygens (including phenoxy) is 1. The molecular weight excluding hydrogens is 422 g/mol. The van der Waals surface area contributed by atoms with Gasteiger partial charge in [-0.2, -0.15) is 9.97 Å². The number of fused-ring (bicyclic) bond motifs is 1. The van der Waals surface area contributed by atoms with Crippen molar-refractivity contribution in [2.45, 2.75) is 20.4 Å². The van der Waals surface area contributed by atoms with Gasteiger partial charge in [0.2, 0.25) is 11.9 Å². The van der Waals surface area contributed by atoms with Crippen LogP contribution in [0.15, 0.2) is 47.1 Å². The van der Waals surface area contributed by atoms with E-state index in [1.807, 2.05) is 43.3 Å². The third-order valence-electron chi connectivity index (χ3n) is 5.39. The maximum absolute atomic E-state index is 12.0. The van der Waals surface area contributed by atoms with Gasteiger partial charge in [0.25, 0.3) is 0 Å². The SMILES string of the molecule is CC(=O)Nc1nn(-c2ccc(C)cc2)c2nc(NCc3ccco3)nc(N3CCOCC3)c12. The Morgan fingerprint density at radius 1 is 1.12 bits per heavy atom. The monoisotopic (exact) mass is 447 g/mol. The van der Waals surface area contributed by atoms with E-state index in [1.165, 1.54) is 6.92 Å². The summed E-state index contributed by atoms with van der Waals surface area (Å²) in [6, 6.07) is 11.7. The van der Waals surface area contributed by atoms with Crippen molar-refractivity contribution in [1.29, 1.82) is 0 Å². The van der Waals surface area contributed by atoms with E-state index >= 15 is 0 Å². The predicted octanol–water partition coefficient (Wildman–Crippen LogP) is 3.12. The number of nitrogens with one attached hydrogen (secondary N) is 2. The molecule has 0 spiro atoms. The molecule has 0 atom stereocenters. The fraction of sp³-hybridized carbons (Fsp3) is 0.304. The lowest BCUT2D eigenvalue weighted by Crippen LogP contribution is -2.37. The predicted molar refractivity (Wildman–Crippen MR) is 125 cm³/mol. The van der Waals surface area contributed by atoms with Crippen LogP contribution in [0.25, 0.3) is 16.7 Å². The summed E-state index contributed by atoms with van der Waals surface area (Å²) in [6.07, 6.45) is 1.63. The van der Waals surface area contributed by atoms with Crippen LogP contribution in [0, 0.1) is 6.92 Å². The summed E-state index contributed by atoms with van der Waals surface area (Å²) in [5.74, 6) is 2.14. The van der Waals surface area contributed by atoms with Gasteiger partial charge in [-0.25, -0.2) is 4.68 Å². The van der Waals surface area contributed by atoms with Gasteiger partial charge in [0.05, 0.1) is 31.7 Å². The molecule has 1 saturated heterocycles. The number of nitrogens with zero attached hydrogens (tertiary/aromatic N) is 5. The fourth-order valence-corrected chi connectivity index (χ4v) is 3.78. The lowest BCUT2D eigenvalue weighted by atomic mass is 10.2. The highest BCUT2D eigenvalue weighted by Gasteiger charge is 2.25. The van der Waals surface area contributed by atoms with E-state index in [0.717, 1.165) is 17.0 Å². The zero-order valence-electron chi connectivity index (χ0n) is 18.5. The van der Waals surface area contributed by atoms with E-state index in [-0.39, 0.29) is 5.91 Å². The van der Waals surface area contributed by atoms with Crippen molar-refractivity contribution < 1.29 is 13.9 Å². The molecule has 0 aliphatic carbocycles. The highest BCUT2D eigenvalue weighted by molar-refractivity contribution is 6.04. The number of rotatable bonds is 6. The van der Waals surface area contributed by atoms with Gasteiger partial charge in [0.1, 0.15) is 17.0 Å². The van der Waals surface area contributed by atoms with E-state index in [2.05, 4.69) is 15.5 Å². The maximum atomic E-state index is 12.0. The summed E-state index contributed by atoms with van der Waals surface area (Å²) in [7, 11) is 0. The number of hydrogen-bond acceptors (Lipinski definition) is 8. The number of carbonyl (C=O) groups excluding carboxylic acids is 1. The van der Waals surface area contributed by atoms with Gasteiger partial charge < -0.3 is 24.7 Å². The summed E-state index contributed by atoms with van der Waals surface area (Å²) in [5.41, 5.74) is 2.58. The Labute approximate surface area is 190 Å². The first kappa shape index (κ1) is 21.0. The molecule has 1 aliphatic heterocycles. The van der Waals surface area contributed by atoms with Gasteiger partial charge in [-0.05, 0) is 31.2 Å². The molecule has 5 rings (SSSR count). The molecule has 1 aliphatic rings. The molecule has 0 unspecified atom stereocenters. The molecule has 4 aromatic rings. The maximum Gasteiger partial charge on any atom is 0.227 e. The lowest BCUT2D eigenvalue weighted by molar-refractivity contribution is -0.114. The highest BCUT2D eigenvalue weighted by atomic mass is 16.5. The fourth-order valence-electron chi connectivity index (χ4n) is 3.78. The summed E-state index contributed by atoms with van der Waals surface area (Å²) >= 11 is 0. The highest BCUT2D eigenvalue weighted by Crippen LogP contribution is 2.34. The normalized spacial score (nSPS) is 13.9. The van der Waals surface area contributed by atoms with Crippen molar-refractivity contribution in [1.82, 2.24) is 19.7 Å². The van der Waals surface area contributed by atoms with Crippen LogP contribution in [0.5, 0.6) is 0 Å². The minimum atomic E-state index is -0.210. The molecule has 1 fully saturated rings. The molecule has 4 heterocycles. The molecule has 10 nitrogen and oxygen atoms in total. The van der Waals surface area contributed by atoms with Crippen LogP contribution in [-0.2, 0) is 16.1 Å². The molecule has 10 heteroatoms. The zero-order valence-corrected chi connectivity index (χ0v) is 18.5. The molecule has 1 amide bonds. The van der Waals surface area contributed by atoms with E-state index in [1.54, 1.807) is 10.9 Å². The summed E-state index contributed by atoms with van der Waals surface area (Å²) in [6.45, 7) is 6.50. The molecule has 2 N–H and O–H groups in total. The first-order valence-electron chi connectivity index (χ1n) is 10.8. The van der Waals surface area contributed by atoms with Gasteiger partial charge in [0.15, 0.2) is 11.5 Å². The zero-order chi connectivity index (χ0) is 22.8. The van der Waals surface area contributed by atoms with Gasteiger partial charge in [0, 0.05) is 20.0 Å². The number of hydrogen-bond donors (Lipinski definition) is 2. The van der Waals surface area contributed by atoms with Crippen LogP contribution in [0.4, 0.5) is 17.6 Å². The van der Waals surface area contributed by atoms with Crippen LogP contribution in [0.3, 0.4) is 0 Å². The van der Waals surface area contributed by atoms with Crippen LogP contribution in [0.1, 0.15) is 18.2 Å². The Morgan fingerprint density at radius 2 is 1.91 bits per heavy atom. The van der Waals surface area contributed by atoms with Gasteiger partial charge in [-0.15, -0.1) is 5.10 Å². The number of morpholine rings is 1. The van der Waals surface area contributed by atoms with Crippen LogP contribution < -0.4 is 15.5 Å². The second-order valence-electron chi connectivity index (χ2n) is 7.88. The first-order valence-corrected chi connectivity index (χ1v) is 10.8. The van der Waals surface area contributed by atoms with Crippen LogP contribution >= 0.6 is 0 Å². The van der Waals surface area contributed by atoms with E-state index in [4.69, 9.17) is 24.2 Å². The van der Waals surface area contributed by atoms with Crippen molar-refractivity contribution in [3.05, 3.63) is 54.0 Å². The Bertz CT molecular complexity index is 1260. The first-order chi connectivity index (χ1) is 16.1. The topological polar surface area (TPSA) is 110 Å². The largest absolute Gasteiger partial charge is 0.467 e. The Hall–Kier alpha value is -3.92. The number of anilines is 3. The minimum absolute atomic E-state index is 0.210. The third kappa shape index (κ3) is 4.37. The van der Waals surface area contributed by atoms with Gasteiger partial charge >= 0.3 is 0 Å².